The molecule has 0 saturated heterocycles. The van der Waals surface area contributed by atoms with Crippen LogP contribution in [0, 0.1) is 6.92 Å². The fourth-order valence-electron chi connectivity index (χ4n) is 2.50. The van der Waals surface area contributed by atoms with Crippen LogP contribution in [0.4, 0.5) is 10.5 Å². The van der Waals surface area contributed by atoms with Crippen molar-refractivity contribution in [3.63, 3.8) is 0 Å². The van der Waals surface area contributed by atoms with E-state index in [1.807, 2.05) is 25.1 Å². The molecule has 27 heavy (non-hydrogen) atoms. The van der Waals surface area contributed by atoms with Gasteiger partial charge in [0.05, 0.1) is 12.8 Å². The Bertz CT molecular complexity index is 798. The number of anilines is 1. The van der Waals surface area contributed by atoms with E-state index in [0.29, 0.717) is 17.0 Å². The Labute approximate surface area is 159 Å². The molecule has 6 nitrogen and oxygen atoms in total. The predicted molar refractivity (Wildman–Crippen MR) is 105 cm³/mol. The normalized spacial score (nSPS) is 12.0. The standard InChI is InChI=1S/C21H26N2O4/c1-14-11-12-17(26-5)16(13-14)22-19(24)18(15-9-7-6-8-10-15)23-20(25)27-21(2,3)4/h6-13,18H,1-5H3,(H,22,24)(H,23,25). The van der Waals surface area contributed by atoms with Crippen molar-refractivity contribution in [2.45, 2.75) is 39.3 Å². The minimum atomic E-state index is -0.911. The lowest BCUT2D eigenvalue weighted by Gasteiger charge is -2.24. The summed E-state index contributed by atoms with van der Waals surface area (Å²) < 4.78 is 10.6. The molecule has 2 amide bonds. The quantitative estimate of drug-likeness (QED) is 0.827. The van der Waals surface area contributed by atoms with E-state index in [-0.39, 0.29) is 0 Å². The average Bonchev–Trinajstić information content (AvgIpc) is 2.59. The summed E-state index contributed by atoms with van der Waals surface area (Å²) in [6, 6.07) is 13.6. The van der Waals surface area contributed by atoms with Gasteiger partial charge < -0.3 is 20.1 Å². The highest BCUT2D eigenvalue weighted by atomic mass is 16.6. The summed E-state index contributed by atoms with van der Waals surface area (Å²) in [6.45, 7) is 7.22. The van der Waals surface area contributed by atoms with Crippen molar-refractivity contribution in [1.29, 1.82) is 0 Å². The molecular weight excluding hydrogens is 344 g/mol. The fourth-order valence-corrected chi connectivity index (χ4v) is 2.50. The molecule has 2 rings (SSSR count). The van der Waals surface area contributed by atoms with Gasteiger partial charge in [0.1, 0.15) is 17.4 Å². The molecule has 2 aromatic carbocycles. The number of ether oxygens (including phenoxy) is 2. The van der Waals surface area contributed by atoms with Gasteiger partial charge in [0.2, 0.25) is 0 Å². The van der Waals surface area contributed by atoms with Crippen LogP contribution in [-0.2, 0) is 9.53 Å². The van der Waals surface area contributed by atoms with Gasteiger partial charge in [0.25, 0.3) is 5.91 Å². The molecule has 1 unspecified atom stereocenters. The van der Waals surface area contributed by atoms with Gasteiger partial charge in [0, 0.05) is 0 Å². The minimum absolute atomic E-state index is 0.393. The molecule has 0 aliphatic carbocycles. The van der Waals surface area contributed by atoms with E-state index >= 15 is 0 Å². The molecule has 0 radical (unpaired) electrons. The molecule has 0 spiro atoms. The van der Waals surface area contributed by atoms with E-state index in [1.54, 1.807) is 51.1 Å². The molecular formula is C21H26N2O4. The van der Waals surface area contributed by atoms with Crippen LogP contribution in [0.2, 0.25) is 0 Å². The van der Waals surface area contributed by atoms with Gasteiger partial charge in [0.15, 0.2) is 0 Å². The number of hydrogen-bond donors (Lipinski definition) is 2. The van der Waals surface area contributed by atoms with E-state index in [2.05, 4.69) is 10.6 Å². The van der Waals surface area contributed by atoms with Crippen LogP contribution >= 0.6 is 0 Å². The summed E-state index contributed by atoms with van der Waals surface area (Å²) in [6.07, 6.45) is -0.664. The minimum Gasteiger partial charge on any atom is -0.495 e. The monoisotopic (exact) mass is 370 g/mol. The van der Waals surface area contributed by atoms with Gasteiger partial charge in [-0.05, 0) is 51.0 Å². The second-order valence-electron chi connectivity index (χ2n) is 7.18. The molecule has 2 aromatic rings. The third kappa shape index (κ3) is 6.02. The SMILES string of the molecule is COc1ccc(C)cc1NC(=O)C(NC(=O)OC(C)(C)C)c1ccccc1. The lowest BCUT2D eigenvalue weighted by atomic mass is 10.1. The Morgan fingerprint density at radius 1 is 1.04 bits per heavy atom. The maximum atomic E-state index is 13.0. The Morgan fingerprint density at radius 3 is 2.30 bits per heavy atom. The Balaban J connectivity index is 2.27. The topological polar surface area (TPSA) is 76.7 Å². The maximum Gasteiger partial charge on any atom is 0.408 e. The van der Waals surface area contributed by atoms with Crippen LogP contribution in [0.1, 0.15) is 37.9 Å². The second kappa shape index (κ2) is 8.58. The lowest BCUT2D eigenvalue weighted by molar-refractivity contribution is -0.118. The highest BCUT2D eigenvalue weighted by Gasteiger charge is 2.26. The first kappa shape index (κ1) is 20.3. The number of methoxy groups -OCH3 is 1. The summed E-state index contributed by atoms with van der Waals surface area (Å²) >= 11 is 0. The van der Waals surface area contributed by atoms with E-state index < -0.39 is 23.6 Å². The molecule has 0 saturated carbocycles. The maximum absolute atomic E-state index is 13.0. The zero-order valence-corrected chi connectivity index (χ0v) is 16.3. The Morgan fingerprint density at radius 2 is 1.70 bits per heavy atom. The van der Waals surface area contributed by atoms with Gasteiger partial charge in [-0.2, -0.15) is 0 Å². The van der Waals surface area contributed by atoms with Gasteiger partial charge in [-0.15, -0.1) is 0 Å². The lowest BCUT2D eigenvalue weighted by Crippen LogP contribution is -2.40. The van der Waals surface area contributed by atoms with Crippen molar-refractivity contribution in [2.24, 2.45) is 0 Å². The van der Waals surface area contributed by atoms with Gasteiger partial charge in [-0.25, -0.2) is 4.79 Å². The molecule has 1 atom stereocenters. The third-order valence-electron chi connectivity index (χ3n) is 3.67. The van der Waals surface area contributed by atoms with Crippen LogP contribution in [-0.4, -0.2) is 24.7 Å². The molecule has 0 aliphatic heterocycles. The summed E-state index contributed by atoms with van der Waals surface area (Å²) in [7, 11) is 1.54. The van der Waals surface area contributed by atoms with Crippen LogP contribution in [0.5, 0.6) is 5.75 Å². The van der Waals surface area contributed by atoms with E-state index in [1.165, 1.54) is 7.11 Å². The molecule has 144 valence electrons. The summed E-state index contributed by atoms with van der Waals surface area (Å²) in [5.41, 5.74) is 1.49. The van der Waals surface area contributed by atoms with Crippen molar-refractivity contribution < 1.29 is 19.1 Å². The molecule has 2 N–H and O–H groups in total. The van der Waals surface area contributed by atoms with Crippen molar-refractivity contribution in [3.8, 4) is 5.75 Å². The van der Waals surface area contributed by atoms with Crippen LogP contribution in [0.15, 0.2) is 48.5 Å². The molecule has 0 aliphatic rings. The van der Waals surface area contributed by atoms with Crippen molar-refractivity contribution >= 4 is 17.7 Å². The fraction of sp³-hybridized carbons (Fsp3) is 0.333. The largest absolute Gasteiger partial charge is 0.495 e. The molecule has 0 aromatic heterocycles. The first-order valence-corrected chi connectivity index (χ1v) is 8.69. The molecule has 0 bridgehead atoms. The zero-order valence-electron chi connectivity index (χ0n) is 16.3. The molecule has 6 heteroatoms. The number of alkyl carbamates (subject to hydrolysis) is 1. The highest BCUT2D eigenvalue weighted by Crippen LogP contribution is 2.27. The number of hydrogen-bond acceptors (Lipinski definition) is 4. The van der Waals surface area contributed by atoms with E-state index in [9.17, 15) is 9.59 Å². The van der Waals surface area contributed by atoms with Crippen molar-refractivity contribution in [1.82, 2.24) is 5.32 Å². The highest BCUT2D eigenvalue weighted by molar-refractivity contribution is 5.98. The number of aryl methyl sites for hydroxylation is 1. The van der Waals surface area contributed by atoms with Gasteiger partial charge >= 0.3 is 6.09 Å². The molecule has 0 heterocycles. The number of carbonyl (C=O) groups is 2. The number of rotatable bonds is 5. The van der Waals surface area contributed by atoms with Gasteiger partial charge in [-0.1, -0.05) is 36.4 Å². The second-order valence-corrected chi connectivity index (χ2v) is 7.18. The summed E-state index contributed by atoms with van der Waals surface area (Å²) in [4.78, 5) is 25.2. The Kier molecular flexibility index (Phi) is 6.45. The third-order valence-corrected chi connectivity index (χ3v) is 3.67. The van der Waals surface area contributed by atoms with Crippen LogP contribution in [0.25, 0.3) is 0 Å². The van der Waals surface area contributed by atoms with Crippen molar-refractivity contribution in [3.05, 3.63) is 59.7 Å². The predicted octanol–water partition coefficient (Wildman–Crippen LogP) is 4.21. The Hall–Kier alpha value is -3.02. The number of amides is 2. The van der Waals surface area contributed by atoms with Crippen LogP contribution < -0.4 is 15.4 Å². The first-order chi connectivity index (χ1) is 12.7. The number of benzene rings is 2. The summed E-state index contributed by atoms with van der Waals surface area (Å²) in [5, 5.41) is 5.48. The smallest absolute Gasteiger partial charge is 0.408 e. The first-order valence-electron chi connectivity index (χ1n) is 8.69. The average molecular weight is 370 g/mol. The van der Waals surface area contributed by atoms with Crippen molar-refractivity contribution in [2.75, 3.05) is 12.4 Å². The molecule has 0 fully saturated rings. The number of nitrogens with one attached hydrogen (secondary N) is 2. The van der Waals surface area contributed by atoms with E-state index in [4.69, 9.17) is 9.47 Å². The van der Waals surface area contributed by atoms with Gasteiger partial charge in [-0.3, -0.25) is 4.79 Å². The van der Waals surface area contributed by atoms with Crippen LogP contribution in [0.3, 0.4) is 0 Å². The zero-order chi connectivity index (χ0) is 20.0. The number of carbonyl (C=O) groups excluding carboxylic acids is 2. The van der Waals surface area contributed by atoms with E-state index in [0.717, 1.165) is 5.56 Å². The summed E-state index contributed by atoms with van der Waals surface area (Å²) in [5.74, 6) is 0.147.